The van der Waals surface area contributed by atoms with E-state index in [-0.39, 0.29) is 12.1 Å². The Balaban J connectivity index is 1.73. The summed E-state index contributed by atoms with van der Waals surface area (Å²) in [6.07, 6.45) is 0.951. The zero-order chi connectivity index (χ0) is 14.9. The predicted octanol–water partition coefficient (Wildman–Crippen LogP) is 1.76. The number of aromatic amines is 1. The summed E-state index contributed by atoms with van der Waals surface area (Å²) >= 11 is 0. The fraction of sp³-hybridized carbons (Fsp3) is 0.429. The van der Waals surface area contributed by atoms with Gasteiger partial charge in [-0.25, -0.2) is 14.2 Å². The molecule has 0 saturated carbocycles. The van der Waals surface area contributed by atoms with E-state index in [1.54, 1.807) is 6.07 Å². The Morgan fingerprint density at radius 1 is 1.43 bits per heavy atom. The van der Waals surface area contributed by atoms with Crippen molar-refractivity contribution in [2.45, 2.75) is 18.5 Å². The molecule has 4 N–H and O–H groups in total. The number of aromatic carboxylic acids is 1. The lowest BCUT2D eigenvalue weighted by Crippen LogP contribution is -2.43. The van der Waals surface area contributed by atoms with Crippen molar-refractivity contribution in [2.24, 2.45) is 0 Å². The number of nitrogens with zero attached hydrogens (tertiary/aromatic N) is 1. The maximum atomic E-state index is 14.5. The number of alkyl halides is 1. The predicted molar refractivity (Wildman–Crippen MR) is 77.5 cm³/mol. The van der Waals surface area contributed by atoms with E-state index in [9.17, 15) is 9.18 Å². The van der Waals surface area contributed by atoms with Crippen molar-refractivity contribution in [2.75, 3.05) is 25.0 Å². The van der Waals surface area contributed by atoms with E-state index in [1.165, 1.54) is 12.1 Å². The van der Waals surface area contributed by atoms with Crippen LogP contribution >= 0.6 is 0 Å². The summed E-state index contributed by atoms with van der Waals surface area (Å²) in [5, 5.41) is 15.1. The van der Waals surface area contributed by atoms with Gasteiger partial charge in [0.2, 0.25) is 5.95 Å². The van der Waals surface area contributed by atoms with Gasteiger partial charge in [0.05, 0.1) is 23.1 Å². The van der Waals surface area contributed by atoms with Crippen molar-refractivity contribution < 1.29 is 14.3 Å². The molecular formula is C14H17FN4O2. The third-order valence-corrected chi connectivity index (χ3v) is 3.80. The number of anilines is 1. The molecule has 3 rings (SSSR count). The lowest BCUT2D eigenvalue weighted by atomic mass is 9.94. The summed E-state index contributed by atoms with van der Waals surface area (Å²) in [6.45, 7) is 1.56. The van der Waals surface area contributed by atoms with Crippen LogP contribution in [0.4, 0.5) is 10.3 Å². The molecule has 1 aromatic heterocycles. The van der Waals surface area contributed by atoms with E-state index in [1.807, 2.05) is 0 Å². The molecule has 1 aliphatic heterocycles. The number of fused-ring (bicyclic) bond motifs is 1. The Hall–Kier alpha value is -2.15. The van der Waals surface area contributed by atoms with Gasteiger partial charge in [0.1, 0.15) is 5.67 Å². The van der Waals surface area contributed by atoms with Crippen LogP contribution in [0.3, 0.4) is 0 Å². The minimum absolute atomic E-state index is 0.193. The van der Waals surface area contributed by atoms with E-state index in [4.69, 9.17) is 5.11 Å². The molecule has 1 fully saturated rings. The molecule has 0 spiro atoms. The molecule has 0 bridgehead atoms. The summed E-state index contributed by atoms with van der Waals surface area (Å²) in [7, 11) is 0. The number of piperidine rings is 1. The van der Waals surface area contributed by atoms with E-state index in [0.717, 1.165) is 0 Å². The highest BCUT2D eigenvalue weighted by molar-refractivity contribution is 5.92. The first kappa shape index (κ1) is 13.8. The van der Waals surface area contributed by atoms with E-state index < -0.39 is 11.6 Å². The van der Waals surface area contributed by atoms with Crippen LogP contribution in [0.2, 0.25) is 0 Å². The maximum absolute atomic E-state index is 14.5. The summed E-state index contributed by atoms with van der Waals surface area (Å²) in [4.78, 5) is 18.2. The number of hydrogen-bond acceptors (Lipinski definition) is 4. The molecule has 0 atom stereocenters. The molecule has 6 nitrogen and oxygen atoms in total. The SMILES string of the molecule is O=C(O)c1ccc2nc(NCC3(F)CCNCC3)[nH]c2c1. The second kappa shape index (κ2) is 5.33. The Morgan fingerprint density at radius 2 is 2.19 bits per heavy atom. The number of halogens is 1. The fourth-order valence-electron chi connectivity index (χ4n) is 2.52. The highest BCUT2D eigenvalue weighted by Gasteiger charge is 2.31. The van der Waals surface area contributed by atoms with Crippen LogP contribution in [-0.4, -0.2) is 46.3 Å². The van der Waals surface area contributed by atoms with Crippen molar-refractivity contribution in [1.29, 1.82) is 0 Å². The van der Waals surface area contributed by atoms with E-state index in [0.29, 0.717) is 42.9 Å². The number of carbonyl (C=O) groups is 1. The van der Waals surface area contributed by atoms with Crippen LogP contribution < -0.4 is 10.6 Å². The zero-order valence-corrected chi connectivity index (χ0v) is 11.4. The Kier molecular flexibility index (Phi) is 3.50. The minimum Gasteiger partial charge on any atom is -0.478 e. The molecule has 1 aromatic carbocycles. The molecule has 2 heterocycles. The fourth-order valence-corrected chi connectivity index (χ4v) is 2.52. The summed E-state index contributed by atoms with van der Waals surface area (Å²) in [5.41, 5.74) is 0.241. The monoisotopic (exact) mass is 292 g/mol. The number of benzene rings is 1. The van der Waals surface area contributed by atoms with Crippen molar-refractivity contribution in [3.8, 4) is 0 Å². The molecule has 0 unspecified atom stereocenters. The average molecular weight is 292 g/mol. The molecule has 0 amide bonds. The maximum Gasteiger partial charge on any atom is 0.335 e. The van der Waals surface area contributed by atoms with Crippen LogP contribution in [0.1, 0.15) is 23.2 Å². The third-order valence-electron chi connectivity index (χ3n) is 3.80. The van der Waals surface area contributed by atoms with Crippen molar-refractivity contribution in [3.05, 3.63) is 23.8 Å². The van der Waals surface area contributed by atoms with Gasteiger partial charge in [-0.2, -0.15) is 0 Å². The first-order chi connectivity index (χ1) is 10.1. The zero-order valence-electron chi connectivity index (χ0n) is 11.4. The van der Waals surface area contributed by atoms with Gasteiger partial charge < -0.3 is 20.7 Å². The van der Waals surface area contributed by atoms with Crippen LogP contribution in [0, 0.1) is 0 Å². The van der Waals surface area contributed by atoms with Gasteiger partial charge in [-0.1, -0.05) is 0 Å². The Bertz CT molecular complexity index is 664. The van der Waals surface area contributed by atoms with Gasteiger partial charge in [-0.05, 0) is 44.1 Å². The van der Waals surface area contributed by atoms with Gasteiger partial charge in [0, 0.05) is 0 Å². The van der Waals surface area contributed by atoms with Crippen LogP contribution in [0.15, 0.2) is 18.2 Å². The highest BCUT2D eigenvalue weighted by atomic mass is 19.1. The topological polar surface area (TPSA) is 90.0 Å². The Morgan fingerprint density at radius 3 is 2.90 bits per heavy atom. The number of carboxylic acids is 1. The largest absolute Gasteiger partial charge is 0.478 e. The highest BCUT2D eigenvalue weighted by Crippen LogP contribution is 2.24. The standard InChI is InChI=1S/C14H17FN4O2/c15-14(3-5-16-6-4-14)8-17-13-18-10-2-1-9(12(20)21)7-11(10)19-13/h1-2,7,16H,3-6,8H2,(H,20,21)(H2,17,18,19). The van der Waals surface area contributed by atoms with Crippen LogP contribution in [-0.2, 0) is 0 Å². The average Bonchev–Trinajstić information content (AvgIpc) is 2.88. The van der Waals surface area contributed by atoms with Crippen LogP contribution in [0.25, 0.3) is 11.0 Å². The third kappa shape index (κ3) is 2.97. The molecule has 2 aromatic rings. The quantitative estimate of drug-likeness (QED) is 0.689. The molecule has 1 aliphatic rings. The number of aromatic nitrogens is 2. The second-order valence-electron chi connectivity index (χ2n) is 5.38. The second-order valence-corrected chi connectivity index (χ2v) is 5.38. The molecular weight excluding hydrogens is 275 g/mol. The normalized spacial score (nSPS) is 17.8. The van der Waals surface area contributed by atoms with Crippen LogP contribution in [0.5, 0.6) is 0 Å². The van der Waals surface area contributed by atoms with Crippen molar-refractivity contribution >= 4 is 23.0 Å². The summed E-state index contributed by atoms with van der Waals surface area (Å²) < 4.78 is 14.5. The number of rotatable bonds is 4. The molecule has 7 heteroatoms. The molecule has 0 radical (unpaired) electrons. The van der Waals surface area contributed by atoms with E-state index in [2.05, 4.69) is 20.6 Å². The molecule has 21 heavy (non-hydrogen) atoms. The molecule has 1 saturated heterocycles. The minimum atomic E-state index is -1.23. The van der Waals surface area contributed by atoms with Gasteiger partial charge >= 0.3 is 5.97 Å². The van der Waals surface area contributed by atoms with Gasteiger partial charge in [-0.3, -0.25) is 0 Å². The van der Waals surface area contributed by atoms with Gasteiger partial charge in [0.15, 0.2) is 0 Å². The van der Waals surface area contributed by atoms with Gasteiger partial charge in [0.25, 0.3) is 0 Å². The first-order valence-corrected chi connectivity index (χ1v) is 6.92. The summed E-state index contributed by atoms with van der Waals surface area (Å²) in [5.74, 6) is -0.526. The number of imidazole rings is 1. The lowest BCUT2D eigenvalue weighted by Gasteiger charge is -2.29. The number of H-pyrrole nitrogens is 1. The molecule has 0 aliphatic carbocycles. The smallest absolute Gasteiger partial charge is 0.335 e. The number of carboxylic acid groups (broad SMARTS) is 1. The van der Waals surface area contributed by atoms with Gasteiger partial charge in [-0.15, -0.1) is 0 Å². The lowest BCUT2D eigenvalue weighted by molar-refractivity contribution is 0.0697. The number of hydrogen-bond donors (Lipinski definition) is 4. The number of nitrogens with one attached hydrogen (secondary N) is 3. The van der Waals surface area contributed by atoms with E-state index >= 15 is 0 Å². The first-order valence-electron chi connectivity index (χ1n) is 6.92. The van der Waals surface area contributed by atoms with Crippen molar-refractivity contribution in [3.63, 3.8) is 0 Å². The summed E-state index contributed by atoms with van der Waals surface area (Å²) in [6, 6.07) is 4.65. The van der Waals surface area contributed by atoms with Crippen molar-refractivity contribution in [1.82, 2.24) is 15.3 Å². The Labute approximate surface area is 120 Å². The molecule has 112 valence electrons.